The van der Waals surface area contributed by atoms with E-state index in [2.05, 4.69) is 15.9 Å². The zero-order valence-corrected chi connectivity index (χ0v) is 12.7. The van der Waals surface area contributed by atoms with E-state index in [9.17, 15) is 4.39 Å². The summed E-state index contributed by atoms with van der Waals surface area (Å²) in [5.41, 5.74) is 2.03. The number of hydrogen-bond donors (Lipinski definition) is 0. The van der Waals surface area contributed by atoms with Gasteiger partial charge in [-0.1, -0.05) is 51.8 Å². The van der Waals surface area contributed by atoms with Gasteiger partial charge in [0.2, 0.25) is 0 Å². The number of halogens is 3. The van der Waals surface area contributed by atoms with Crippen molar-refractivity contribution in [2.75, 3.05) is 7.11 Å². The molecule has 2 rings (SSSR count). The average molecular weight is 344 g/mol. The molecular formula is C15H13BrClFO. The number of alkyl halides is 1. The van der Waals surface area contributed by atoms with Crippen molar-refractivity contribution < 1.29 is 9.13 Å². The van der Waals surface area contributed by atoms with Gasteiger partial charge in [-0.3, -0.25) is 0 Å². The van der Waals surface area contributed by atoms with E-state index in [-0.39, 0.29) is 9.85 Å². The third kappa shape index (κ3) is 3.48. The lowest BCUT2D eigenvalue weighted by Gasteiger charge is -2.13. The Morgan fingerprint density at radius 1 is 1.26 bits per heavy atom. The fourth-order valence-corrected chi connectivity index (χ4v) is 2.71. The van der Waals surface area contributed by atoms with Crippen molar-refractivity contribution in [3.05, 3.63) is 64.4 Å². The zero-order valence-electron chi connectivity index (χ0n) is 10.4. The molecule has 0 aliphatic rings. The van der Waals surface area contributed by atoms with E-state index in [0.717, 1.165) is 23.3 Å². The Hall–Kier alpha value is -1.06. The second-order valence-corrected chi connectivity index (χ2v) is 5.67. The molecule has 19 heavy (non-hydrogen) atoms. The Morgan fingerprint density at radius 2 is 2.00 bits per heavy atom. The number of hydrogen-bond acceptors (Lipinski definition) is 1. The summed E-state index contributed by atoms with van der Waals surface area (Å²) in [5, 5.41) is 0.141. The van der Waals surface area contributed by atoms with Gasteiger partial charge in [0.1, 0.15) is 11.6 Å². The molecule has 0 saturated carbocycles. The summed E-state index contributed by atoms with van der Waals surface area (Å²) in [4.78, 5) is 0.0573. The molecule has 1 atom stereocenters. The molecule has 0 saturated heterocycles. The minimum atomic E-state index is -0.401. The van der Waals surface area contributed by atoms with Crippen LogP contribution in [-0.2, 0) is 6.42 Å². The van der Waals surface area contributed by atoms with Crippen LogP contribution in [0.4, 0.5) is 4.39 Å². The van der Waals surface area contributed by atoms with Crippen LogP contribution in [0.3, 0.4) is 0 Å². The second-order valence-electron chi connectivity index (χ2n) is 4.16. The number of para-hydroxylation sites is 1. The third-order valence-electron chi connectivity index (χ3n) is 2.90. The molecule has 2 aromatic carbocycles. The van der Waals surface area contributed by atoms with Crippen molar-refractivity contribution in [2.45, 2.75) is 11.2 Å². The van der Waals surface area contributed by atoms with Crippen LogP contribution in [0.15, 0.2) is 42.5 Å². The Kier molecular flexibility index (Phi) is 4.83. The minimum absolute atomic E-state index is 0.0573. The van der Waals surface area contributed by atoms with Crippen LogP contribution in [-0.4, -0.2) is 7.11 Å². The lowest BCUT2D eigenvalue weighted by Crippen LogP contribution is -1.98. The normalized spacial score (nSPS) is 12.2. The van der Waals surface area contributed by atoms with Gasteiger partial charge >= 0.3 is 0 Å². The van der Waals surface area contributed by atoms with Crippen molar-refractivity contribution in [2.24, 2.45) is 0 Å². The molecule has 1 unspecified atom stereocenters. The molecule has 0 amide bonds. The molecule has 0 aromatic heterocycles. The van der Waals surface area contributed by atoms with Gasteiger partial charge in [-0.2, -0.15) is 0 Å². The molecule has 1 nitrogen and oxygen atoms in total. The third-order valence-corrected chi connectivity index (χ3v) is 4.04. The van der Waals surface area contributed by atoms with E-state index in [1.807, 2.05) is 24.3 Å². The highest BCUT2D eigenvalue weighted by Crippen LogP contribution is 2.32. The van der Waals surface area contributed by atoms with E-state index >= 15 is 0 Å². The number of ether oxygens (including phenoxy) is 1. The van der Waals surface area contributed by atoms with Crippen molar-refractivity contribution in [3.63, 3.8) is 0 Å². The summed E-state index contributed by atoms with van der Waals surface area (Å²) in [6.07, 6.45) is 0.742. The second kappa shape index (κ2) is 6.40. The van der Waals surface area contributed by atoms with Gasteiger partial charge in [-0.15, -0.1) is 0 Å². The van der Waals surface area contributed by atoms with Gasteiger partial charge in [0.05, 0.1) is 12.1 Å². The predicted octanol–water partition coefficient (Wildman–Crippen LogP) is 5.17. The molecule has 0 aliphatic carbocycles. The summed E-state index contributed by atoms with van der Waals surface area (Å²) in [7, 11) is 1.65. The molecule has 0 heterocycles. The lowest BCUT2D eigenvalue weighted by molar-refractivity contribution is 0.409. The quantitative estimate of drug-likeness (QED) is 0.696. The van der Waals surface area contributed by atoms with Crippen LogP contribution < -0.4 is 4.74 Å². The molecule has 4 heteroatoms. The standard InChI is InChI=1S/C15H13BrClFO/c1-19-15-5-3-2-4-11(15)8-12(16)10-6-7-14(18)13(17)9-10/h2-7,9,12H,8H2,1H3. The van der Waals surface area contributed by atoms with Crippen molar-refractivity contribution in [3.8, 4) is 5.75 Å². The Labute approximate surface area is 125 Å². The first-order valence-electron chi connectivity index (χ1n) is 5.82. The fraction of sp³-hybridized carbons (Fsp3) is 0.200. The maximum atomic E-state index is 13.1. The summed E-state index contributed by atoms with van der Waals surface area (Å²) in [6, 6.07) is 12.6. The maximum absolute atomic E-state index is 13.1. The molecule has 0 aliphatic heterocycles. The first-order valence-corrected chi connectivity index (χ1v) is 7.12. The molecule has 2 aromatic rings. The van der Waals surface area contributed by atoms with Gasteiger partial charge in [0, 0.05) is 4.83 Å². The fourth-order valence-electron chi connectivity index (χ4n) is 1.89. The largest absolute Gasteiger partial charge is 0.496 e. The van der Waals surface area contributed by atoms with E-state index in [1.54, 1.807) is 19.2 Å². The minimum Gasteiger partial charge on any atom is -0.496 e. The van der Waals surface area contributed by atoms with Crippen LogP contribution in [0.2, 0.25) is 5.02 Å². The zero-order chi connectivity index (χ0) is 13.8. The Balaban J connectivity index is 2.20. The highest BCUT2D eigenvalue weighted by molar-refractivity contribution is 9.09. The molecule has 0 spiro atoms. The van der Waals surface area contributed by atoms with E-state index in [4.69, 9.17) is 16.3 Å². The molecule has 0 N–H and O–H groups in total. The van der Waals surface area contributed by atoms with Crippen LogP contribution in [0.25, 0.3) is 0 Å². The van der Waals surface area contributed by atoms with Gasteiger partial charge < -0.3 is 4.74 Å². The van der Waals surface area contributed by atoms with Gasteiger partial charge in [-0.25, -0.2) is 4.39 Å². The van der Waals surface area contributed by atoms with Crippen molar-refractivity contribution >= 4 is 27.5 Å². The van der Waals surface area contributed by atoms with E-state index in [0.29, 0.717) is 0 Å². The first kappa shape index (κ1) is 14.4. The summed E-state index contributed by atoms with van der Waals surface area (Å²) in [6.45, 7) is 0. The molecule has 100 valence electrons. The van der Waals surface area contributed by atoms with Gasteiger partial charge in [-0.05, 0) is 35.7 Å². The highest BCUT2D eigenvalue weighted by atomic mass is 79.9. The topological polar surface area (TPSA) is 9.23 Å². The first-order chi connectivity index (χ1) is 9.11. The predicted molar refractivity (Wildman–Crippen MR) is 79.8 cm³/mol. The number of benzene rings is 2. The SMILES string of the molecule is COc1ccccc1CC(Br)c1ccc(F)c(Cl)c1. The van der Waals surface area contributed by atoms with Crippen molar-refractivity contribution in [1.29, 1.82) is 0 Å². The lowest BCUT2D eigenvalue weighted by atomic mass is 10.0. The summed E-state index contributed by atoms with van der Waals surface area (Å²) < 4.78 is 18.5. The summed E-state index contributed by atoms with van der Waals surface area (Å²) >= 11 is 9.41. The van der Waals surface area contributed by atoms with Crippen LogP contribution >= 0.6 is 27.5 Å². The maximum Gasteiger partial charge on any atom is 0.141 e. The molecule has 0 fully saturated rings. The van der Waals surface area contributed by atoms with Crippen molar-refractivity contribution in [1.82, 2.24) is 0 Å². The van der Waals surface area contributed by atoms with Gasteiger partial charge in [0.25, 0.3) is 0 Å². The monoisotopic (exact) mass is 342 g/mol. The number of rotatable bonds is 4. The molecule has 0 radical (unpaired) electrons. The van der Waals surface area contributed by atoms with Crippen LogP contribution in [0.5, 0.6) is 5.75 Å². The average Bonchev–Trinajstić information content (AvgIpc) is 2.42. The van der Waals surface area contributed by atoms with Crippen LogP contribution in [0, 0.1) is 5.82 Å². The highest BCUT2D eigenvalue weighted by Gasteiger charge is 2.13. The van der Waals surface area contributed by atoms with Crippen LogP contribution in [0.1, 0.15) is 16.0 Å². The Bertz CT molecular complexity index is 574. The number of methoxy groups -OCH3 is 1. The molecule has 0 bridgehead atoms. The van der Waals surface area contributed by atoms with Gasteiger partial charge in [0.15, 0.2) is 0 Å². The van der Waals surface area contributed by atoms with E-state index < -0.39 is 5.82 Å². The van der Waals surface area contributed by atoms with E-state index in [1.165, 1.54) is 6.07 Å². The smallest absolute Gasteiger partial charge is 0.141 e. The summed E-state index contributed by atoms with van der Waals surface area (Å²) in [5.74, 6) is 0.447. The Morgan fingerprint density at radius 3 is 2.68 bits per heavy atom. The molecular weight excluding hydrogens is 331 g/mol.